The first-order valence-electron chi connectivity index (χ1n) is 5.22. The normalized spacial score (nSPS) is 12.6. The van der Waals surface area contributed by atoms with E-state index in [0.29, 0.717) is 11.0 Å². The highest BCUT2D eigenvalue weighted by Crippen LogP contribution is 2.23. The first kappa shape index (κ1) is 12.2. The van der Waals surface area contributed by atoms with Crippen LogP contribution in [-0.4, -0.2) is 16.3 Å². The summed E-state index contributed by atoms with van der Waals surface area (Å²) in [6, 6.07) is 0. The van der Waals surface area contributed by atoms with E-state index in [0.717, 1.165) is 24.0 Å². The summed E-state index contributed by atoms with van der Waals surface area (Å²) < 4.78 is 5.69. The number of hydrogen-bond donors (Lipinski definition) is 0. The van der Waals surface area contributed by atoms with Crippen LogP contribution in [0.1, 0.15) is 37.8 Å². The van der Waals surface area contributed by atoms with Crippen molar-refractivity contribution < 1.29 is 4.74 Å². The Morgan fingerprint density at radius 1 is 1.27 bits per heavy atom. The lowest BCUT2D eigenvalue weighted by Gasteiger charge is -2.15. The summed E-state index contributed by atoms with van der Waals surface area (Å²) in [4.78, 5) is 0. The molecule has 0 fully saturated rings. The van der Waals surface area contributed by atoms with Crippen LogP contribution in [0.2, 0.25) is 5.15 Å². The predicted octanol–water partition coefficient (Wildman–Crippen LogP) is 3.31. The van der Waals surface area contributed by atoms with Gasteiger partial charge in [0.05, 0.1) is 6.10 Å². The van der Waals surface area contributed by atoms with Gasteiger partial charge in [0.2, 0.25) is 5.88 Å². The van der Waals surface area contributed by atoms with Gasteiger partial charge in [-0.25, -0.2) is 0 Å². The quantitative estimate of drug-likeness (QED) is 0.793. The van der Waals surface area contributed by atoms with E-state index in [9.17, 15) is 0 Å². The SMILES string of the molecule is CCCC(C)Oc1nnc(Cl)c(C)c1C. The summed E-state index contributed by atoms with van der Waals surface area (Å²) >= 11 is 5.85. The molecule has 15 heavy (non-hydrogen) atoms. The molecule has 1 rings (SSSR count). The zero-order valence-electron chi connectivity index (χ0n) is 9.67. The molecule has 1 aromatic rings. The van der Waals surface area contributed by atoms with E-state index in [2.05, 4.69) is 17.1 Å². The molecule has 3 nitrogen and oxygen atoms in total. The lowest BCUT2D eigenvalue weighted by Crippen LogP contribution is -2.13. The minimum Gasteiger partial charge on any atom is -0.473 e. The molecule has 0 N–H and O–H groups in total. The van der Waals surface area contributed by atoms with Crippen LogP contribution < -0.4 is 4.74 Å². The molecule has 0 amide bonds. The molecule has 0 saturated carbocycles. The maximum absolute atomic E-state index is 5.85. The Hall–Kier alpha value is -0.830. The van der Waals surface area contributed by atoms with Gasteiger partial charge < -0.3 is 4.74 Å². The molecular weight excluding hydrogens is 212 g/mol. The molecule has 0 saturated heterocycles. The van der Waals surface area contributed by atoms with E-state index in [4.69, 9.17) is 16.3 Å². The second-order valence-corrected chi connectivity index (χ2v) is 4.12. The molecular formula is C11H17ClN2O. The minimum atomic E-state index is 0.170. The number of ether oxygens (including phenoxy) is 1. The molecule has 1 unspecified atom stereocenters. The molecule has 0 spiro atoms. The van der Waals surface area contributed by atoms with E-state index in [1.165, 1.54) is 0 Å². The molecule has 0 aliphatic carbocycles. The maximum Gasteiger partial charge on any atom is 0.236 e. The van der Waals surface area contributed by atoms with Gasteiger partial charge in [0, 0.05) is 5.56 Å². The highest BCUT2D eigenvalue weighted by molar-refractivity contribution is 6.30. The van der Waals surface area contributed by atoms with E-state index < -0.39 is 0 Å². The van der Waals surface area contributed by atoms with Gasteiger partial charge in [-0.05, 0) is 32.8 Å². The molecule has 0 bridgehead atoms. The summed E-state index contributed by atoms with van der Waals surface area (Å²) in [7, 11) is 0. The van der Waals surface area contributed by atoms with E-state index in [1.54, 1.807) is 0 Å². The van der Waals surface area contributed by atoms with E-state index in [-0.39, 0.29) is 6.10 Å². The van der Waals surface area contributed by atoms with Crippen molar-refractivity contribution in [1.82, 2.24) is 10.2 Å². The van der Waals surface area contributed by atoms with Crippen molar-refractivity contribution in [3.8, 4) is 5.88 Å². The fourth-order valence-corrected chi connectivity index (χ4v) is 1.50. The molecule has 4 heteroatoms. The first-order valence-corrected chi connectivity index (χ1v) is 5.60. The lowest BCUT2D eigenvalue weighted by atomic mass is 10.2. The van der Waals surface area contributed by atoms with E-state index >= 15 is 0 Å². The van der Waals surface area contributed by atoms with Gasteiger partial charge in [0.25, 0.3) is 0 Å². The summed E-state index contributed by atoms with van der Waals surface area (Å²) in [5, 5.41) is 8.25. The van der Waals surface area contributed by atoms with Crippen LogP contribution in [0.5, 0.6) is 5.88 Å². The highest BCUT2D eigenvalue weighted by atomic mass is 35.5. The number of nitrogens with zero attached hydrogens (tertiary/aromatic N) is 2. The Morgan fingerprint density at radius 2 is 1.93 bits per heavy atom. The summed E-state index contributed by atoms with van der Waals surface area (Å²) in [5.74, 6) is 0.595. The van der Waals surface area contributed by atoms with Crippen molar-refractivity contribution in [3.05, 3.63) is 16.3 Å². The van der Waals surface area contributed by atoms with E-state index in [1.807, 2.05) is 20.8 Å². The van der Waals surface area contributed by atoms with Crippen molar-refractivity contribution in [2.24, 2.45) is 0 Å². The molecule has 0 aliphatic rings. The van der Waals surface area contributed by atoms with Crippen molar-refractivity contribution in [3.63, 3.8) is 0 Å². The molecule has 0 aromatic carbocycles. The van der Waals surface area contributed by atoms with Gasteiger partial charge in [-0.1, -0.05) is 24.9 Å². The smallest absolute Gasteiger partial charge is 0.236 e. The maximum atomic E-state index is 5.85. The number of hydrogen-bond acceptors (Lipinski definition) is 3. The van der Waals surface area contributed by atoms with Crippen molar-refractivity contribution in [2.45, 2.75) is 46.6 Å². The molecule has 1 atom stereocenters. The Bertz CT molecular complexity index is 342. The first-order chi connectivity index (χ1) is 7.06. The molecule has 1 heterocycles. The molecule has 1 aromatic heterocycles. The average Bonchev–Trinajstić information content (AvgIpc) is 2.20. The Morgan fingerprint density at radius 3 is 2.53 bits per heavy atom. The monoisotopic (exact) mass is 228 g/mol. The van der Waals surface area contributed by atoms with Crippen LogP contribution in [0.15, 0.2) is 0 Å². The summed E-state index contributed by atoms with van der Waals surface area (Å²) in [6.45, 7) is 8.04. The largest absolute Gasteiger partial charge is 0.473 e. The van der Waals surface area contributed by atoms with Gasteiger partial charge in [0.15, 0.2) is 5.15 Å². The molecule has 84 valence electrons. The zero-order chi connectivity index (χ0) is 11.4. The zero-order valence-corrected chi connectivity index (χ0v) is 10.4. The van der Waals surface area contributed by atoms with Gasteiger partial charge in [0.1, 0.15) is 0 Å². The Kier molecular flexibility index (Phi) is 4.33. The third-order valence-corrected chi connectivity index (χ3v) is 2.79. The van der Waals surface area contributed by atoms with Crippen LogP contribution in [0, 0.1) is 13.8 Å². The number of aromatic nitrogens is 2. The summed E-state index contributed by atoms with van der Waals surface area (Å²) in [6.07, 6.45) is 2.28. The summed E-state index contributed by atoms with van der Waals surface area (Å²) in [5.41, 5.74) is 1.91. The Labute approximate surface area is 95.8 Å². The van der Waals surface area contributed by atoms with Crippen LogP contribution in [0.3, 0.4) is 0 Å². The second-order valence-electron chi connectivity index (χ2n) is 3.76. The molecule has 0 radical (unpaired) electrons. The average molecular weight is 229 g/mol. The van der Waals surface area contributed by atoms with Crippen molar-refractivity contribution in [2.75, 3.05) is 0 Å². The van der Waals surface area contributed by atoms with Gasteiger partial charge >= 0.3 is 0 Å². The Balaban J connectivity index is 2.82. The van der Waals surface area contributed by atoms with Gasteiger partial charge in [-0.15, -0.1) is 10.2 Å². The van der Waals surface area contributed by atoms with Crippen LogP contribution in [0.25, 0.3) is 0 Å². The van der Waals surface area contributed by atoms with Gasteiger partial charge in [-0.2, -0.15) is 0 Å². The predicted molar refractivity (Wildman–Crippen MR) is 61.5 cm³/mol. The highest BCUT2D eigenvalue weighted by Gasteiger charge is 2.11. The lowest BCUT2D eigenvalue weighted by molar-refractivity contribution is 0.197. The number of rotatable bonds is 4. The fraction of sp³-hybridized carbons (Fsp3) is 0.636. The fourth-order valence-electron chi connectivity index (χ4n) is 1.32. The second kappa shape index (κ2) is 5.31. The van der Waals surface area contributed by atoms with Crippen LogP contribution in [-0.2, 0) is 0 Å². The van der Waals surface area contributed by atoms with Crippen LogP contribution in [0.4, 0.5) is 0 Å². The van der Waals surface area contributed by atoms with Crippen molar-refractivity contribution >= 4 is 11.6 Å². The standard InChI is InChI=1S/C11H17ClN2O/c1-5-6-7(2)15-11-9(4)8(3)10(12)13-14-11/h7H,5-6H2,1-4H3. The van der Waals surface area contributed by atoms with Crippen LogP contribution >= 0.6 is 11.6 Å². The van der Waals surface area contributed by atoms with Crippen molar-refractivity contribution in [1.29, 1.82) is 0 Å². The molecule has 0 aliphatic heterocycles. The topological polar surface area (TPSA) is 35.0 Å². The minimum absolute atomic E-state index is 0.170. The number of halogens is 1. The third-order valence-electron chi connectivity index (χ3n) is 2.43. The third kappa shape index (κ3) is 3.06. The van der Waals surface area contributed by atoms with Gasteiger partial charge in [-0.3, -0.25) is 0 Å².